The minimum Gasteiger partial charge on any atom is -0.489 e. The van der Waals surface area contributed by atoms with E-state index in [1.807, 2.05) is 57.2 Å². The van der Waals surface area contributed by atoms with Gasteiger partial charge in [-0.2, -0.15) is 0 Å². The van der Waals surface area contributed by atoms with Crippen LogP contribution in [0, 0.1) is 13.8 Å². The molecule has 3 aromatic carbocycles. The van der Waals surface area contributed by atoms with Crippen molar-refractivity contribution in [2.75, 3.05) is 5.32 Å². The van der Waals surface area contributed by atoms with Crippen LogP contribution in [0.2, 0.25) is 0 Å². The van der Waals surface area contributed by atoms with Gasteiger partial charge < -0.3 is 10.1 Å². The Morgan fingerprint density at radius 1 is 1.00 bits per heavy atom. The normalized spacial score (nSPS) is 12.7. The molecule has 0 aromatic heterocycles. The maximum absolute atomic E-state index is 12.6. The number of ether oxygens (including phenoxy) is 1. The van der Waals surface area contributed by atoms with Gasteiger partial charge in [0.15, 0.2) is 5.78 Å². The van der Waals surface area contributed by atoms with E-state index >= 15 is 0 Å². The average molecular weight is 412 g/mol. The van der Waals surface area contributed by atoms with E-state index in [4.69, 9.17) is 4.74 Å². The lowest BCUT2D eigenvalue weighted by molar-refractivity contribution is -0.114. The number of aryl methyl sites for hydroxylation is 1. The highest BCUT2D eigenvalue weighted by atomic mass is 16.5. The summed E-state index contributed by atoms with van der Waals surface area (Å²) in [5.74, 6) is 0.675. The number of anilines is 1. The first kappa shape index (κ1) is 20.6. The lowest BCUT2D eigenvalue weighted by Gasteiger charge is -2.16. The fourth-order valence-corrected chi connectivity index (χ4v) is 3.78. The number of benzene rings is 3. The first-order valence-corrected chi connectivity index (χ1v) is 10.3. The van der Waals surface area contributed by atoms with Crippen LogP contribution in [0.25, 0.3) is 5.57 Å². The molecule has 1 aliphatic rings. The van der Waals surface area contributed by atoms with Gasteiger partial charge in [-0.05, 0) is 90.6 Å². The predicted molar refractivity (Wildman–Crippen MR) is 123 cm³/mol. The third-order valence-electron chi connectivity index (χ3n) is 5.71. The zero-order valence-electron chi connectivity index (χ0n) is 18.0. The molecule has 4 nitrogen and oxygen atoms in total. The van der Waals surface area contributed by atoms with E-state index < -0.39 is 0 Å². The summed E-state index contributed by atoms with van der Waals surface area (Å²) < 4.78 is 5.89. The number of hydrogen-bond donors (Lipinski definition) is 1. The highest BCUT2D eigenvalue weighted by Gasteiger charge is 2.15. The summed E-state index contributed by atoms with van der Waals surface area (Å²) in [4.78, 5) is 24.4. The van der Waals surface area contributed by atoms with Crippen molar-refractivity contribution >= 4 is 23.0 Å². The molecule has 1 N–H and O–H groups in total. The van der Waals surface area contributed by atoms with Crippen molar-refractivity contribution in [1.82, 2.24) is 0 Å². The molecule has 4 heteroatoms. The molecular weight excluding hydrogens is 386 g/mol. The molecule has 0 aliphatic heterocycles. The number of carbonyl (C=O) groups excluding carboxylic acids is 2. The monoisotopic (exact) mass is 411 g/mol. The summed E-state index contributed by atoms with van der Waals surface area (Å²) in [7, 11) is 0. The van der Waals surface area contributed by atoms with Crippen molar-refractivity contribution in [1.29, 1.82) is 0 Å². The van der Waals surface area contributed by atoms with Gasteiger partial charge in [0, 0.05) is 17.7 Å². The van der Waals surface area contributed by atoms with Crippen LogP contribution in [0.15, 0.2) is 66.7 Å². The summed E-state index contributed by atoms with van der Waals surface area (Å²) in [6.07, 6.45) is 2.14. The first-order valence-electron chi connectivity index (χ1n) is 10.3. The molecule has 1 amide bonds. The largest absolute Gasteiger partial charge is 0.489 e. The zero-order chi connectivity index (χ0) is 22.0. The topological polar surface area (TPSA) is 55.4 Å². The SMILES string of the molecule is CC1=CC(=O)Cc2cc(COc3ccc(C(=O)Nc4cccc(C)c4C)cc3)ccc21. The van der Waals surface area contributed by atoms with E-state index in [9.17, 15) is 9.59 Å². The van der Waals surface area contributed by atoms with Crippen LogP contribution in [-0.2, 0) is 17.8 Å². The average Bonchev–Trinajstić information content (AvgIpc) is 2.75. The van der Waals surface area contributed by atoms with Gasteiger partial charge in [-0.3, -0.25) is 9.59 Å². The number of amides is 1. The van der Waals surface area contributed by atoms with Crippen LogP contribution < -0.4 is 10.1 Å². The van der Waals surface area contributed by atoms with Crippen molar-refractivity contribution in [3.05, 3.63) is 100 Å². The summed E-state index contributed by atoms with van der Waals surface area (Å²) in [6, 6.07) is 19.1. The van der Waals surface area contributed by atoms with Crippen LogP contribution in [0.3, 0.4) is 0 Å². The van der Waals surface area contributed by atoms with Gasteiger partial charge in [-0.1, -0.05) is 30.3 Å². The summed E-state index contributed by atoms with van der Waals surface area (Å²) >= 11 is 0. The van der Waals surface area contributed by atoms with Gasteiger partial charge in [-0.25, -0.2) is 0 Å². The summed E-state index contributed by atoms with van der Waals surface area (Å²) in [5.41, 5.74) is 7.79. The Morgan fingerprint density at radius 3 is 2.55 bits per heavy atom. The van der Waals surface area contributed by atoms with Crippen LogP contribution in [0.4, 0.5) is 5.69 Å². The lowest BCUT2D eigenvalue weighted by atomic mass is 9.90. The Morgan fingerprint density at radius 2 is 1.77 bits per heavy atom. The van der Waals surface area contributed by atoms with Gasteiger partial charge in [0.1, 0.15) is 12.4 Å². The highest BCUT2D eigenvalue weighted by molar-refractivity contribution is 6.04. The van der Waals surface area contributed by atoms with E-state index in [2.05, 4.69) is 5.32 Å². The standard InChI is InChI=1S/C27H25NO3/c1-17-5-4-6-26(19(17)3)28-27(30)21-8-10-24(11-9-21)31-16-20-7-12-25-18(2)13-23(29)15-22(25)14-20/h4-14H,15-16H2,1-3H3,(H,28,30). The van der Waals surface area contributed by atoms with Gasteiger partial charge in [-0.15, -0.1) is 0 Å². The van der Waals surface area contributed by atoms with Gasteiger partial charge in [0.2, 0.25) is 0 Å². The van der Waals surface area contributed by atoms with Crippen LogP contribution >= 0.6 is 0 Å². The number of allylic oxidation sites excluding steroid dienone is 2. The molecule has 0 bridgehead atoms. The number of carbonyl (C=O) groups is 2. The summed E-state index contributed by atoms with van der Waals surface area (Å²) in [5, 5.41) is 2.97. The van der Waals surface area contributed by atoms with Crippen molar-refractivity contribution in [2.24, 2.45) is 0 Å². The van der Waals surface area contributed by atoms with Crippen LogP contribution in [-0.4, -0.2) is 11.7 Å². The van der Waals surface area contributed by atoms with E-state index in [0.717, 1.165) is 39.1 Å². The molecule has 0 fully saturated rings. The van der Waals surface area contributed by atoms with Gasteiger partial charge in [0.25, 0.3) is 5.91 Å². The van der Waals surface area contributed by atoms with E-state index in [1.165, 1.54) is 0 Å². The molecule has 4 rings (SSSR count). The van der Waals surface area contributed by atoms with Crippen molar-refractivity contribution < 1.29 is 14.3 Å². The first-order chi connectivity index (χ1) is 14.9. The Balaban J connectivity index is 1.40. The molecule has 1 aliphatic carbocycles. The molecule has 31 heavy (non-hydrogen) atoms. The molecule has 0 heterocycles. The molecule has 156 valence electrons. The van der Waals surface area contributed by atoms with Crippen LogP contribution in [0.5, 0.6) is 5.75 Å². The third-order valence-corrected chi connectivity index (χ3v) is 5.71. The van der Waals surface area contributed by atoms with E-state index in [0.29, 0.717) is 24.3 Å². The highest BCUT2D eigenvalue weighted by Crippen LogP contribution is 2.26. The molecule has 0 saturated carbocycles. The second kappa shape index (κ2) is 8.60. The molecule has 0 spiro atoms. The number of ketones is 1. The predicted octanol–water partition coefficient (Wildman–Crippen LogP) is 5.66. The Hall–Kier alpha value is -3.66. The minimum atomic E-state index is -0.150. The van der Waals surface area contributed by atoms with Gasteiger partial charge in [0.05, 0.1) is 0 Å². The molecule has 3 aromatic rings. The maximum Gasteiger partial charge on any atom is 0.255 e. The quantitative estimate of drug-likeness (QED) is 0.589. The number of fused-ring (bicyclic) bond motifs is 1. The molecular formula is C27H25NO3. The second-order valence-corrected chi connectivity index (χ2v) is 7.98. The molecule has 0 saturated heterocycles. The maximum atomic E-state index is 12.6. The third kappa shape index (κ3) is 4.58. The fourth-order valence-electron chi connectivity index (χ4n) is 3.78. The molecule has 0 unspecified atom stereocenters. The van der Waals surface area contributed by atoms with Gasteiger partial charge >= 0.3 is 0 Å². The van der Waals surface area contributed by atoms with Crippen LogP contribution in [0.1, 0.15) is 45.1 Å². The fraction of sp³-hybridized carbons (Fsp3) is 0.185. The summed E-state index contributed by atoms with van der Waals surface area (Å²) in [6.45, 7) is 6.38. The van der Waals surface area contributed by atoms with Crippen molar-refractivity contribution in [3.8, 4) is 5.75 Å². The van der Waals surface area contributed by atoms with E-state index in [-0.39, 0.29) is 11.7 Å². The van der Waals surface area contributed by atoms with E-state index in [1.54, 1.807) is 30.3 Å². The second-order valence-electron chi connectivity index (χ2n) is 7.98. The van der Waals surface area contributed by atoms with Crippen molar-refractivity contribution in [2.45, 2.75) is 33.8 Å². The number of hydrogen-bond acceptors (Lipinski definition) is 3. The van der Waals surface area contributed by atoms with Crippen molar-refractivity contribution in [3.63, 3.8) is 0 Å². The number of rotatable bonds is 5. The lowest BCUT2D eigenvalue weighted by Crippen LogP contribution is -2.13. The Bertz CT molecular complexity index is 1190. The Labute approximate surface area is 182 Å². The minimum absolute atomic E-state index is 0.137. The molecule has 0 radical (unpaired) electrons. The smallest absolute Gasteiger partial charge is 0.255 e. The number of nitrogens with one attached hydrogen (secondary N) is 1. The molecule has 0 atom stereocenters. The Kier molecular flexibility index (Phi) is 5.72. The zero-order valence-corrected chi connectivity index (χ0v) is 18.0.